The number of ether oxygens (including phenoxy) is 2. The average Bonchev–Trinajstić information content (AvgIpc) is 3.54. The second-order valence-corrected chi connectivity index (χ2v) is 7.03. The molecule has 0 aliphatic heterocycles. The van der Waals surface area contributed by atoms with Gasteiger partial charge < -0.3 is 14.4 Å². The first-order valence-electron chi connectivity index (χ1n) is 9.08. The van der Waals surface area contributed by atoms with Gasteiger partial charge in [0.25, 0.3) is 5.91 Å². The van der Waals surface area contributed by atoms with Crippen molar-refractivity contribution >= 4 is 29.6 Å². The summed E-state index contributed by atoms with van der Waals surface area (Å²) in [5, 5.41) is 0.587. The van der Waals surface area contributed by atoms with Crippen LogP contribution in [0.25, 0.3) is 6.08 Å². The zero-order chi connectivity index (χ0) is 19.9. The van der Waals surface area contributed by atoms with Crippen molar-refractivity contribution in [3.63, 3.8) is 0 Å². The molecule has 1 fully saturated rings. The van der Waals surface area contributed by atoms with Crippen molar-refractivity contribution in [1.29, 1.82) is 0 Å². The molecule has 0 spiro atoms. The first-order chi connectivity index (χ1) is 13.5. The maximum Gasteiger partial charge on any atom is 0.331 e. The van der Waals surface area contributed by atoms with Crippen LogP contribution in [0.4, 0.5) is 0 Å². The van der Waals surface area contributed by atoms with Gasteiger partial charge in [0.1, 0.15) is 5.75 Å². The van der Waals surface area contributed by atoms with Crippen molar-refractivity contribution in [2.75, 3.05) is 13.7 Å². The zero-order valence-electron chi connectivity index (χ0n) is 15.6. The van der Waals surface area contributed by atoms with E-state index in [4.69, 9.17) is 21.1 Å². The lowest BCUT2D eigenvalue weighted by Gasteiger charge is -2.22. The summed E-state index contributed by atoms with van der Waals surface area (Å²) in [7, 11) is 1.62. The fraction of sp³-hybridized carbons (Fsp3) is 0.273. The second-order valence-electron chi connectivity index (χ2n) is 6.60. The predicted molar refractivity (Wildman–Crippen MR) is 108 cm³/mol. The van der Waals surface area contributed by atoms with Gasteiger partial charge in [0.15, 0.2) is 6.61 Å². The molecule has 0 heterocycles. The molecule has 1 saturated carbocycles. The van der Waals surface area contributed by atoms with Gasteiger partial charge in [-0.15, -0.1) is 0 Å². The Bertz CT molecular complexity index is 859. The van der Waals surface area contributed by atoms with E-state index < -0.39 is 5.97 Å². The molecule has 2 aromatic rings. The SMILES string of the molecule is COc1ccc(CN(C(=O)COC(=O)/C=C/c2cccc(Cl)c2)C2CC2)cc1. The lowest BCUT2D eigenvalue weighted by Crippen LogP contribution is -2.35. The van der Waals surface area contributed by atoms with Crippen molar-refractivity contribution < 1.29 is 19.1 Å². The number of rotatable bonds is 8. The number of hydrogen-bond acceptors (Lipinski definition) is 4. The Morgan fingerprint density at radius 1 is 1.18 bits per heavy atom. The van der Waals surface area contributed by atoms with E-state index in [0.29, 0.717) is 11.6 Å². The van der Waals surface area contributed by atoms with Gasteiger partial charge in [0.2, 0.25) is 0 Å². The van der Waals surface area contributed by atoms with Gasteiger partial charge in [0, 0.05) is 23.7 Å². The Morgan fingerprint density at radius 2 is 1.93 bits per heavy atom. The summed E-state index contributed by atoms with van der Waals surface area (Å²) in [6.45, 7) is 0.217. The maximum atomic E-state index is 12.6. The predicted octanol–water partition coefficient (Wildman–Crippen LogP) is 4.10. The third kappa shape index (κ3) is 5.86. The molecule has 1 amide bonds. The summed E-state index contributed by atoms with van der Waals surface area (Å²) in [4.78, 5) is 26.2. The highest BCUT2D eigenvalue weighted by molar-refractivity contribution is 6.30. The largest absolute Gasteiger partial charge is 0.497 e. The minimum atomic E-state index is -0.562. The van der Waals surface area contributed by atoms with Gasteiger partial charge in [-0.25, -0.2) is 4.79 Å². The van der Waals surface area contributed by atoms with Crippen molar-refractivity contribution in [1.82, 2.24) is 4.90 Å². The van der Waals surface area contributed by atoms with Crippen LogP contribution in [0, 0.1) is 0 Å². The third-order valence-corrected chi connectivity index (χ3v) is 4.65. The molecule has 2 aromatic carbocycles. The molecule has 1 aliphatic carbocycles. The number of halogens is 1. The molecule has 146 valence electrons. The Morgan fingerprint density at radius 3 is 2.57 bits per heavy atom. The summed E-state index contributed by atoms with van der Waals surface area (Å²) in [6.07, 6.45) is 4.85. The molecule has 28 heavy (non-hydrogen) atoms. The van der Waals surface area contributed by atoms with E-state index in [9.17, 15) is 9.59 Å². The number of amides is 1. The molecule has 0 radical (unpaired) electrons. The van der Waals surface area contributed by atoms with Crippen LogP contribution in [-0.2, 0) is 20.9 Å². The van der Waals surface area contributed by atoms with E-state index >= 15 is 0 Å². The Labute approximate surface area is 169 Å². The molecule has 0 unspecified atom stereocenters. The fourth-order valence-corrected chi connectivity index (χ4v) is 2.97. The molecule has 0 N–H and O–H groups in total. The molecule has 1 aliphatic rings. The van der Waals surface area contributed by atoms with Crippen LogP contribution in [0.3, 0.4) is 0 Å². The molecular weight excluding hydrogens is 378 g/mol. The minimum absolute atomic E-state index is 0.192. The smallest absolute Gasteiger partial charge is 0.331 e. The summed E-state index contributed by atoms with van der Waals surface area (Å²) in [5.74, 6) is 0.0183. The molecule has 0 aromatic heterocycles. The quantitative estimate of drug-likeness (QED) is 0.495. The molecule has 0 atom stereocenters. The van der Waals surface area contributed by atoms with Gasteiger partial charge >= 0.3 is 5.97 Å². The molecular formula is C22H22ClNO4. The lowest BCUT2D eigenvalue weighted by atomic mass is 10.2. The highest BCUT2D eigenvalue weighted by Crippen LogP contribution is 2.28. The Kier molecular flexibility index (Phi) is 6.71. The van der Waals surface area contributed by atoms with Crippen molar-refractivity contribution in [3.8, 4) is 5.75 Å². The molecule has 0 saturated heterocycles. The van der Waals surface area contributed by atoms with Crippen molar-refractivity contribution in [3.05, 3.63) is 70.8 Å². The van der Waals surface area contributed by atoms with Gasteiger partial charge in [-0.1, -0.05) is 35.9 Å². The normalized spacial score (nSPS) is 13.4. The highest BCUT2D eigenvalue weighted by atomic mass is 35.5. The number of benzene rings is 2. The topological polar surface area (TPSA) is 55.8 Å². The number of hydrogen-bond donors (Lipinski definition) is 0. The van der Waals surface area contributed by atoms with Crippen LogP contribution < -0.4 is 4.74 Å². The van der Waals surface area contributed by atoms with Crippen molar-refractivity contribution in [2.24, 2.45) is 0 Å². The van der Waals surface area contributed by atoms with Crippen LogP contribution in [0.5, 0.6) is 5.75 Å². The van der Waals surface area contributed by atoms with E-state index in [1.54, 1.807) is 36.3 Å². The lowest BCUT2D eigenvalue weighted by molar-refractivity contribution is -0.148. The van der Waals surface area contributed by atoms with Gasteiger partial charge in [0.05, 0.1) is 7.11 Å². The number of esters is 1. The first-order valence-corrected chi connectivity index (χ1v) is 9.46. The molecule has 5 nitrogen and oxygen atoms in total. The van der Waals surface area contributed by atoms with E-state index in [2.05, 4.69) is 0 Å². The summed E-state index contributed by atoms with van der Waals surface area (Å²) >= 11 is 5.91. The maximum absolute atomic E-state index is 12.6. The number of carbonyl (C=O) groups excluding carboxylic acids is 2. The monoisotopic (exact) mass is 399 g/mol. The van der Waals surface area contributed by atoms with Crippen LogP contribution in [0.15, 0.2) is 54.6 Å². The molecule has 3 rings (SSSR count). The number of methoxy groups -OCH3 is 1. The summed E-state index contributed by atoms with van der Waals surface area (Å²) in [5.41, 5.74) is 1.79. The third-order valence-electron chi connectivity index (χ3n) is 4.42. The zero-order valence-corrected chi connectivity index (χ0v) is 16.4. The summed E-state index contributed by atoms with van der Waals surface area (Å²) in [6, 6.07) is 14.9. The average molecular weight is 400 g/mol. The Balaban J connectivity index is 1.53. The fourth-order valence-electron chi connectivity index (χ4n) is 2.77. The van der Waals surface area contributed by atoms with Crippen LogP contribution in [0.1, 0.15) is 24.0 Å². The summed E-state index contributed by atoms with van der Waals surface area (Å²) < 4.78 is 10.3. The van der Waals surface area contributed by atoms with E-state index in [1.165, 1.54) is 6.08 Å². The standard InChI is InChI=1S/C22H22ClNO4/c1-27-20-10-5-17(6-11-20)14-24(19-8-9-19)21(25)15-28-22(26)12-7-16-3-2-4-18(23)13-16/h2-7,10-13,19H,8-9,14-15H2,1H3/b12-7+. The second kappa shape index (κ2) is 9.42. The van der Waals surface area contributed by atoms with E-state index in [-0.39, 0.29) is 18.6 Å². The van der Waals surface area contributed by atoms with Gasteiger partial charge in [-0.05, 0) is 54.3 Å². The molecule has 6 heteroatoms. The Hall–Kier alpha value is -2.79. The van der Waals surface area contributed by atoms with Crippen molar-refractivity contribution in [2.45, 2.75) is 25.4 Å². The van der Waals surface area contributed by atoms with Crippen LogP contribution >= 0.6 is 11.6 Å². The number of nitrogens with zero attached hydrogens (tertiary/aromatic N) is 1. The van der Waals surface area contributed by atoms with E-state index in [1.807, 2.05) is 30.3 Å². The van der Waals surface area contributed by atoms with Gasteiger partial charge in [-0.3, -0.25) is 4.79 Å². The van der Waals surface area contributed by atoms with E-state index in [0.717, 1.165) is 29.7 Å². The van der Waals surface area contributed by atoms with Gasteiger partial charge in [-0.2, -0.15) is 0 Å². The molecule has 0 bridgehead atoms. The van der Waals surface area contributed by atoms with Crippen LogP contribution in [0.2, 0.25) is 5.02 Å². The number of carbonyl (C=O) groups is 2. The highest BCUT2D eigenvalue weighted by Gasteiger charge is 2.32. The first kappa shape index (κ1) is 20.0. The van der Waals surface area contributed by atoms with Crippen LogP contribution in [-0.4, -0.2) is 36.5 Å². The minimum Gasteiger partial charge on any atom is -0.497 e.